The van der Waals surface area contributed by atoms with Crippen LogP contribution in [0.15, 0.2) is 40.4 Å². The third-order valence-corrected chi connectivity index (χ3v) is 14.4. The Kier molecular flexibility index (Phi) is 13.5. The van der Waals surface area contributed by atoms with Crippen molar-refractivity contribution in [3.8, 4) is 0 Å². The van der Waals surface area contributed by atoms with E-state index in [9.17, 15) is 14.4 Å². The number of carbonyl (C=O) groups is 3. The number of Topliss-reactive ketones (excluding diaryl/α,β-unsaturated/α-hetero) is 2. The van der Waals surface area contributed by atoms with Gasteiger partial charge in [0.05, 0.1) is 12.8 Å². The second-order valence-electron chi connectivity index (χ2n) is 18.1. The molecule has 0 amide bonds. The molecule has 2 heterocycles. The number of ether oxygens (including phenoxy) is 2. The van der Waals surface area contributed by atoms with E-state index in [-0.39, 0.29) is 48.8 Å². The Morgan fingerprint density at radius 3 is 2.59 bits per heavy atom. The number of piperidine rings is 1. The molecule has 5 fully saturated rings. The standard InChI is InChI=1S/C44H69N7O5/c1-28(21-37(51-42(45)47-3)32-18-20-48-38(24-32)50-27-46-2)17-19-43-39(52)34-15-9-10-16-35(34)40(53)44(43,56-43)41(54)55-26-33-22-30-13-7-8-14-31(30)23-36(33)49-25-29-11-5-4-6-12-29/h8,14,17,23,29-30,32-38,46,48-50H,4-7,9-13,15-16,18-22,24-27H2,1-3H3,(H3,45,47,51). The molecule has 2 aliphatic heterocycles. The van der Waals surface area contributed by atoms with Crippen LogP contribution in [0.1, 0.15) is 110 Å². The molecule has 5 aliphatic carbocycles. The Morgan fingerprint density at radius 1 is 1.05 bits per heavy atom. The van der Waals surface area contributed by atoms with E-state index in [1.165, 1.54) is 37.7 Å². The van der Waals surface area contributed by atoms with Crippen LogP contribution in [0, 0.1) is 35.5 Å². The van der Waals surface area contributed by atoms with Gasteiger partial charge in [0.1, 0.15) is 0 Å². The molecular formula is C44H69N7O5. The van der Waals surface area contributed by atoms with Crippen LogP contribution in [0.3, 0.4) is 0 Å². The molecule has 3 saturated carbocycles. The number of ketones is 2. The Bertz CT molecular complexity index is 1560. The lowest BCUT2D eigenvalue weighted by molar-refractivity contribution is -0.160. The number of guanidine groups is 1. The number of nitrogens with two attached hydrogens (primary N) is 1. The van der Waals surface area contributed by atoms with E-state index in [4.69, 9.17) is 15.2 Å². The molecule has 12 heteroatoms. The van der Waals surface area contributed by atoms with E-state index in [1.54, 1.807) is 7.05 Å². The second-order valence-corrected chi connectivity index (χ2v) is 18.1. The second kappa shape index (κ2) is 18.4. The third kappa shape index (κ3) is 8.60. The van der Waals surface area contributed by atoms with Crippen LogP contribution in [-0.2, 0) is 23.9 Å². The molecule has 0 aromatic heterocycles. The van der Waals surface area contributed by atoms with E-state index in [0.29, 0.717) is 49.6 Å². The number of allylic oxidation sites excluding steroid dienone is 3. The zero-order valence-corrected chi connectivity index (χ0v) is 34.2. The first-order valence-corrected chi connectivity index (χ1v) is 22.0. The van der Waals surface area contributed by atoms with E-state index < -0.39 is 29.0 Å². The summed E-state index contributed by atoms with van der Waals surface area (Å²) in [6.45, 7) is 4.80. The number of aliphatic imine (C=N–C) groups is 1. The van der Waals surface area contributed by atoms with Gasteiger partial charge in [0.25, 0.3) is 5.60 Å². The molecule has 0 aromatic rings. The van der Waals surface area contributed by atoms with Gasteiger partial charge in [0, 0.05) is 50.0 Å². The third-order valence-electron chi connectivity index (χ3n) is 14.4. The minimum atomic E-state index is -1.87. The van der Waals surface area contributed by atoms with E-state index in [2.05, 4.69) is 56.7 Å². The number of epoxide rings is 1. The molecule has 7 aliphatic rings. The van der Waals surface area contributed by atoms with E-state index in [0.717, 1.165) is 63.6 Å². The van der Waals surface area contributed by atoms with Crippen molar-refractivity contribution in [1.29, 1.82) is 0 Å². The number of nitrogens with zero attached hydrogens (tertiary/aromatic N) is 1. The van der Waals surface area contributed by atoms with Crippen molar-refractivity contribution in [2.45, 2.75) is 139 Å². The summed E-state index contributed by atoms with van der Waals surface area (Å²) >= 11 is 0. The summed E-state index contributed by atoms with van der Waals surface area (Å²) in [4.78, 5) is 47.7. The fourth-order valence-electron chi connectivity index (χ4n) is 11.1. The van der Waals surface area contributed by atoms with Gasteiger partial charge in [-0.25, -0.2) is 4.79 Å². The highest BCUT2D eigenvalue weighted by Gasteiger charge is 2.86. The van der Waals surface area contributed by atoms with Crippen LogP contribution in [-0.4, -0.2) is 93.4 Å². The Labute approximate surface area is 334 Å². The summed E-state index contributed by atoms with van der Waals surface area (Å²) in [5, 5.41) is 17.5. The monoisotopic (exact) mass is 776 g/mol. The van der Waals surface area contributed by atoms with Crippen molar-refractivity contribution in [3.63, 3.8) is 0 Å². The number of carbonyl (C=O) groups excluding carboxylic acids is 3. The molecule has 12 nitrogen and oxygen atoms in total. The predicted molar refractivity (Wildman–Crippen MR) is 218 cm³/mol. The summed E-state index contributed by atoms with van der Waals surface area (Å²) in [5.74, 6) is 0.00222. The van der Waals surface area contributed by atoms with Crippen molar-refractivity contribution >= 4 is 23.5 Å². The maximum atomic E-state index is 14.5. The summed E-state index contributed by atoms with van der Waals surface area (Å²) in [6, 6.07) is 0.0971. The summed E-state index contributed by atoms with van der Waals surface area (Å²) < 4.78 is 12.6. The van der Waals surface area contributed by atoms with Gasteiger partial charge in [-0.2, -0.15) is 0 Å². The number of hydrogen-bond donors (Lipinski definition) is 6. The number of rotatable bonds is 15. The maximum Gasteiger partial charge on any atom is 0.350 e. The first-order valence-electron chi connectivity index (χ1n) is 22.0. The highest BCUT2D eigenvalue weighted by molar-refractivity contribution is 6.23. The quantitative estimate of drug-likeness (QED) is 0.0269. The molecule has 10 atom stereocenters. The zero-order valence-electron chi connectivity index (χ0n) is 34.2. The van der Waals surface area contributed by atoms with Gasteiger partial charge in [-0.05, 0) is 115 Å². The van der Waals surface area contributed by atoms with Crippen molar-refractivity contribution in [2.75, 3.05) is 40.5 Å². The maximum absolute atomic E-state index is 14.5. The van der Waals surface area contributed by atoms with E-state index in [1.807, 2.05) is 13.1 Å². The minimum absolute atomic E-state index is 0.0130. The van der Waals surface area contributed by atoms with Crippen LogP contribution in [0.25, 0.3) is 0 Å². The van der Waals surface area contributed by atoms with Gasteiger partial charge in [-0.15, -0.1) is 0 Å². The Morgan fingerprint density at radius 2 is 1.82 bits per heavy atom. The van der Waals surface area contributed by atoms with Crippen molar-refractivity contribution in [3.05, 3.63) is 35.5 Å². The molecule has 10 unspecified atom stereocenters. The average Bonchev–Trinajstić information content (AvgIpc) is 3.94. The fraction of sp³-hybridized carbons (Fsp3) is 0.773. The molecule has 7 rings (SSSR count). The summed E-state index contributed by atoms with van der Waals surface area (Å²) in [7, 11) is 3.60. The van der Waals surface area contributed by atoms with Gasteiger partial charge >= 0.3 is 5.97 Å². The number of fused-ring (bicyclic) bond motifs is 3. The van der Waals surface area contributed by atoms with Crippen molar-refractivity contribution < 1.29 is 23.9 Å². The molecule has 0 bridgehead atoms. The first kappa shape index (κ1) is 41.3. The number of esters is 1. The van der Waals surface area contributed by atoms with Crippen LogP contribution in [0.4, 0.5) is 0 Å². The zero-order chi connectivity index (χ0) is 39.3. The van der Waals surface area contributed by atoms with Crippen LogP contribution in [0.5, 0.6) is 0 Å². The lowest BCUT2D eigenvalue weighted by Gasteiger charge is -2.38. The van der Waals surface area contributed by atoms with Gasteiger partial charge in [-0.1, -0.05) is 62.0 Å². The van der Waals surface area contributed by atoms with Crippen LogP contribution < -0.4 is 32.3 Å². The van der Waals surface area contributed by atoms with Crippen molar-refractivity contribution in [1.82, 2.24) is 26.6 Å². The van der Waals surface area contributed by atoms with Crippen molar-refractivity contribution in [2.24, 2.45) is 46.2 Å². The fourth-order valence-corrected chi connectivity index (χ4v) is 11.1. The normalized spacial score (nSPS) is 36.8. The number of nitrogens with one attached hydrogen (secondary N) is 5. The summed E-state index contributed by atoms with van der Waals surface area (Å²) in [6.07, 6.45) is 24.4. The SMILES string of the molecule is CN=C(N)NC(CC(C)=CCC12OC1(C(=O)OCC1CC3CCC=CC3=CC1NCC1CCCCC1)C(=O)C1CCCCC1C2=O)C1CCNC(NCNC)C1. The van der Waals surface area contributed by atoms with Crippen LogP contribution >= 0.6 is 0 Å². The molecule has 0 aromatic carbocycles. The highest BCUT2D eigenvalue weighted by atomic mass is 16.7. The van der Waals surface area contributed by atoms with Crippen LogP contribution in [0.2, 0.25) is 0 Å². The Hall–Kier alpha value is -2.90. The molecule has 2 saturated heterocycles. The molecule has 310 valence electrons. The highest BCUT2D eigenvalue weighted by Crippen LogP contribution is 2.61. The molecule has 0 spiro atoms. The smallest absolute Gasteiger partial charge is 0.350 e. The average molecular weight is 776 g/mol. The first-order chi connectivity index (χ1) is 27.2. The predicted octanol–water partition coefficient (Wildman–Crippen LogP) is 4.17. The number of hydrogen-bond acceptors (Lipinski definition) is 10. The molecule has 56 heavy (non-hydrogen) atoms. The van der Waals surface area contributed by atoms with Gasteiger partial charge in [-0.3, -0.25) is 19.9 Å². The lowest BCUT2D eigenvalue weighted by atomic mass is 9.61. The lowest BCUT2D eigenvalue weighted by Crippen LogP contribution is -2.58. The van der Waals surface area contributed by atoms with Gasteiger partial charge in [0.15, 0.2) is 23.1 Å². The largest absolute Gasteiger partial charge is 0.463 e. The van der Waals surface area contributed by atoms with Gasteiger partial charge < -0.3 is 36.5 Å². The molecule has 7 N–H and O–H groups in total. The summed E-state index contributed by atoms with van der Waals surface area (Å²) in [5.41, 5.74) is 5.26. The minimum Gasteiger partial charge on any atom is -0.463 e. The molecule has 0 radical (unpaired) electrons. The van der Waals surface area contributed by atoms with Gasteiger partial charge in [0.2, 0.25) is 0 Å². The Balaban J connectivity index is 1.07. The topological polar surface area (TPSA) is 172 Å². The van der Waals surface area contributed by atoms with E-state index >= 15 is 0 Å². The molecular weight excluding hydrogens is 707 g/mol.